The fourth-order valence-electron chi connectivity index (χ4n) is 1.85. The molecule has 0 atom stereocenters. The van der Waals surface area contributed by atoms with E-state index in [2.05, 4.69) is 0 Å². The number of rotatable bonds is 5. The lowest BCUT2D eigenvalue weighted by atomic mass is 10.3. The summed E-state index contributed by atoms with van der Waals surface area (Å²) in [6.45, 7) is 0. The molecule has 1 N–H and O–H groups in total. The van der Waals surface area contributed by atoms with E-state index in [-0.39, 0.29) is 17.6 Å². The molecular weight excluding hydrogens is 354 g/mol. The molecule has 0 radical (unpaired) electrons. The van der Waals surface area contributed by atoms with Crippen molar-refractivity contribution in [2.24, 2.45) is 0 Å². The highest BCUT2D eigenvalue weighted by molar-refractivity contribution is 7.92. The summed E-state index contributed by atoms with van der Waals surface area (Å²) in [6.07, 6.45) is 0. The molecule has 0 aliphatic heterocycles. The van der Waals surface area contributed by atoms with Gasteiger partial charge in [0.05, 0.1) is 14.2 Å². The molecule has 0 aliphatic carbocycles. The maximum absolute atomic E-state index is 13.7. The molecule has 24 heavy (non-hydrogen) atoms. The Morgan fingerprint density at radius 2 is 1.50 bits per heavy atom. The number of hydrogen-bond donors (Lipinski definition) is 1. The lowest BCUT2D eigenvalue weighted by molar-refractivity contribution is 0.392. The van der Waals surface area contributed by atoms with Crippen molar-refractivity contribution < 1.29 is 35.5 Å². The molecule has 0 spiro atoms. The maximum Gasteiger partial charge on any atom is 0.265 e. The van der Waals surface area contributed by atoms with Crippen LogP contribution in [0.15, 0.2) is 29.2 Å². The second kappa shape index (κ2) is 6.56. The van der Waals surface area contributed by atoms with Gasteiger partial charge in [0.2, 0.25) is 0 Å². The van der Waals surface area contributed by atoms with Crippen LogP contribution in [0.4, 0.5) is 23.2 Å². The van der Waals surface area contributed by atoms with Crippen LogP contribution in [0.3, 0.4) is 0 Å². The monoisotopic (exact) mass is 365 g/mol. The quantitative estimate of drug-likeness (QED) is 0.653. The van der Waals surface area contributed by atoms with Crippen LogP contribution in [0.1, 0.15) is 0 Å². The van der Waals surface area contributed by atoms with Crippen LogP contribution < -0.4 is 14.2 Å². The van der Waals surface area contributed by atoms with Gasteiger partial charge in [-0.25, -0.2) is 26.0 Å². The summed E-state index contributed by atoms with van der Waals surface area (Å²) in [5.74, 6) is -7.30. The van der Waals surface area contributed by atoms with Crippen LogP contribution in [0.2, 0.25) is 0 Å². The van der Waals surface area contributed by atoms with E-state index in [9.17, 15) is 26.0 Å². The van der Waals surface area contributed by atoms with Gasteiger partial charge >= 0.3 is 0 Å². The summed E-state index contributed by atoms with van der Waals surface area (Å²) < 4.78 is 89.6. The predicted molar refractivity (Wildman–Crippen MR) is 76.6 cm³/mol. The first-order chi connectivity index (χ1) is 11.2. The zero-order valence-corrected chi connectivity index (χ0v) is 13.2. The van der Waals surface area contributed by atoms with E-state index in [4.69, 9.17) is 9.47 Å². The molecule has 130 valence electrons. The smallest absolute Gasteiger partial charge is 0.265 e. The second-order valence-corrected chi connectivity index (χ2v) is 6.12. The molecule has 0 unspecified atom stereocenters. The number of hydrogen-bond acceptors (Lipinski definition) is 4. The number of anilines is 1. The third-order valence-electron chi connectivity index (χ3n) is 3.01. The number of ether oxygens (including phenoxy) is 2. The number of halogens is 4. The molecule has 0 amide bonds. The molecule has 0 bridgehead atoms. The summed E-state index contributed by atoms with van der Waals surface area (Å²) in [4.78, 5) is -0.534. The molecule has 5 nitrogen and oxygen atoms in total. The van der Waals surface area contributed by atoms with Crippen molar-refractivity contribution >= 4 is 15.7 Å². The first-order valence-electron chi connectivity index (χ1n) is 6.29. The van der Waals surface area contributed by atoms with Crippen LogP contribution >= 0.6 is 0 Å². The van der Waals surface area contributed by atoms with Crippen molar-refractivity contribution in [3.63, 3.8) is 0 Å². The van der Waals surface area contributed by atoms with Crippen LogP contribution in [0, 0.1) is 23.3 Å². The van der Waals surface area contributed by atoms with Crippen LogP contribution in [0.25, 0.3) is 0 Å². The molecule has 10 heteroatoms. The second-order valence-electron chi connectivity index (χ2n) is 4.47. The summed E-state index contributed by atoms with van der Waals surface area (Å²) in [7, 11) is -2.19. The van der Waals surface area contributed by atoms with E-state index in [0.29, 0.717) is 0 Å². The maximum atomic E-state index is 13.7. The van der Waals surface area contributed by atoms with E-state index in [1.54, 1.807) is 0 Å². The molecule has 0 saturated carbocycles. The highest BCUT2D eigenvalue weighted by Crippen LogP contribution is 2.32. The van der Waals surface area contributed by atoms with E-state index >= 15 is 0 Å². The van der Waals surface area contributed by atoms with Crippen LogP contribution in [-0.4, -0.2) is 22.6 Å². The van der Waals surface area contributed by atoms with Gasteiger partial charge in [-0.2, -0.15) is 0 Å². The van der Waals surface area contributed by atoms with Crippen LogP contribution in [0.5, 0.6) is 11.5 Å². The summed E-state index contributed by atoms with van der Waals surface area (Å²) in [6, 6.07) is 3.62. The number of benzene rings is 2. The van der Waals surface area contributed by atoms with Crippen molar-refractivity contribution in [3.8, 4) is 11.5 Å². The molecule has 2 aromatic carbocycles. The fraction of sp³-hybridized carbons (Fsp3) is 0.143. The summed E-state index contributed by atoms with van der Waals surface area (Å²) in [5.41, 5.74) is -1.47. The minimum absolute atomic E-state index is 0.0331. The first-order valence-corrected chi connectivity index (χ1v) is 7.77. The van der Waals surface area contributed by atoms with Crippen molar-refractivity contribution in [2.75, 3.05) is 18.9 Å². The van der Waals surface area contributed by atoms with Gasteiger partial charge in [-0.3, -0.25) is 4.72 Å². The topological polar surface area (TPSA) is 64.6 Å². The van der Waals surface area contributed by atoms with Gasteiger partial charge in [0.15, 0.2) is 23.3 Å². The zero-order chi connectivity index (χ0) is 18.1. The molecule has 0 fully saturated rings. The van der Waals surface area contributed by atoms with Gasteiger partial charge in [-0.05, 0) is 12.1 Å². The molecule has 0 saturated heterocycles. The van der Waals surface area contributed by atoms with Crippen LogP contribution in [-0.2, 0) is 10.0 Å². The highest BCUT2D eigenvalue weighted by Gasteiger charge is 2.27. The van der Waals surface area contributed by atoms with Gasteiger partial charge in [-0.15, -0.1) is 0 Å². The average Bonchev–Trinajstić information content (AvgIpc) is 2.56. The third kappa shape index (κ3) is 3.23. The van der Waals surface area contributed by atoms with Gasteiger partial charge in [0, 0.05) is 12.1 Å². The number of methoxy groups -OCH3 is 2. The normalized spacial score (nSPS) is 11.2. The zero-order valence-electron chi connectivity index (χ0n) is 12.4. The van der Waals surface area contributed by atoms with E-state index in [1.807, 2.05) is 0 Å². The van der Waals surface area contributed by atoms with Gasteiger partial charge < -0.3 is 9.47 Å². The standard InChI is InChI=1S/C14H11F4NO4S/c1-22-7-3-4-10(23-2)11(5-7)24(20,21)19-14-12(17)8(15)6-9(16)13(14)18/h3-6,19H,1-2H3. The van der Waals surface area contributed by atoms with E-state index in [0.717, 1.165) is 6.07 Å². The van der Waals surface area contributed by atoms with E-state index < -0.39 is 43.9 Å². The Hall–Kier alpha value is -2.49. The number of nitrogens with one attached hydrogen (secondary N) is 1. The van der Waals surface area contributed by atoms with Crippen molar-refractivity contribution in [1.29, 1.82) is 0 Å². The summed E-state index contributed by atoms with van der Waals surface area (Å²) >= 11 is 0. The molecular formula is C14H11F4NO4S. The average molecular weight is 365 g/mol. The van der Waals surface area contributed by atoms with Gasteiger partial charge in [0.25, 0.3) is 10.0 Å². The minimum Gasteiger partial charge on any atom is -0.497 e. The molecule has 0 heterocycles. The van der Waals surface area contributed by atoms with E-state index in [1.165, 1.54) is 31.1 Å². The van der Waals surface area contributed by atoms with Crippen molar-refractivity contribution in [2.45, 2.75) is 4.90 Å². The Labute approximate surface area is 134 Å². The molecule has 2 rings (SSSR count). The lowest BCUT2D eigenvalue weighted by Crippen LogP contribution is -2.17. The molecule has 0 aliphatic rings. The van der Waals surface area contributed by atoms with Gasteiger partial charge in [-0.1, -0.05) is 0 Å². The summed E-state index contributed by atoms with van der Waals surface area (Å²) in [5, 5.41) is 0. The molecule has 2 aromatic rings. The minimum atomic E-state index is -4.64. The Bertz CT molecular complexity index is 861. The SMILES string of the molecule is COc1ccc(OC)c(S(=O)(=O)Nc2c(F)c(F)cc(F)c2F)c1. The van der Waals surface area contributed by atoms with Crippen molar-refractivity contribution in [1.82, 2.24) is 0 Å². The first kappa shape index (κ1) is 17.9. The fourth-order valence-corrected chi connectivity index (χ4v) is 3.09. The number of sulfonamides is 1. The third-order valence-corrected chi connectivity index (χ3v) is 4.38. The Kier molecular flexibility index (Phi) is 4.88. The Morgan fingerprint density at radius 3 is 2.00 bits per heavy atom. The van der Waals surface area contributed by atoms with Crippen molar-refractivity contribution in [3.05, 3.63) is 47.5 Å². The highest BCUT2D eigenvalue weighted by atomic mass is 32.2. The Balaban J connectivity index is 2.58. The van der Waals surface area contributed by atoms with Gasteiger partial charge in [0.1, 0.15) is 22.1 Å². The predicted octanol–water partition coefficient (Wildman–Crippen LogP) is 3.06. The lowest BCUT2D eigenvalue weighted by Gasteiger charge is -2.14. The Morgan fingerprint density at radius 1 is 0.917 bits per heavy atom. The molecule has 0 aromatic heterocycles. The largest absolute Gasteiger partial charge is 0.497 e.